The van der Waals surface area contributed by atoms with Crippen molar-refractivity contribution in [1.29, 1.82) is 0 Å². The second kappa shape index (κ2) is 4.46. The van der Waals surface area contributed by atoms with Crippen molar-refractivity contribution in [3.63, 3.8) is 0 Å². The molecule has 1 heterocycles. The molecule has 0 bridgehead atoms. The zero-order chi connectivity index (χ0) is 10.6. The molecule has 0 saturated carbocycles. The van der Waals surface area contributed by atoms with Crippen molar-refractivity contribution in [1.82, 2.24) is 4.98 Å². The number of nitrogens with two attached hydrogens (primary N) is 1. The lowest BCUT2D eigenvalue weighted by Gasteiger charge is -2.12. The first kappa shape index (κ1) is 11.0. The minimum atomic E-state index is -2.76. The van der Waals surface area contributed by atoms with Gasteiger partial charge in [-0.2, -0.15) is 0 Å². The summed E-state index contributed by atoms with van der Waals surface area (Å²) in [6.45, 7) is 1.27. The quantitative estimate of drug-likeness (QED) is 0.806. The lowest BCUT2D eigenvalue weighted by molar-refractivity contribution is 0.00245. The van der Waals surface area contributed by atoms with Gasteiger partial charge in [-0.15, -0.1) is 0 Å². The molecule has 0 amide bonds. The van der Waals surface area contributed by atoms with Crippen molar-refractivity contribution < 1.29 is 8.78 Å². The Kier molecular flexibility index (Phi) is 3.52. The Morgan fingerprint density at radius 2 is 2.14 bits per heavy atom. The number of aryl methyl sites for hydroxylation is 2. The highest BCUT2D eigenvalue weighted by atomic mass is 19.3. The van der Waals surface area contributed by atoms with Crippen LogP contribution in [0.5, 0.6) is 0 Å². The Labute approximate surface area is 82.1 Å². The fourth-order valence-electron chi connectivity index (χ4n) is 1.08. The molecule has 78 valence electrons. The number of pyridine rings is 1. The Morgan fingerprint density at radius 1 is 1.43 bits per heavy atom. The molecule has 0 unspecified atom stereocenters. The van der Waals surface area contributed by atoms with Crippen molar-refractivity contribution in [3.05, 3.63) is 29.6 Å². The molecule has 14 heavy (non-hydrogen) atoms. The second-order valence-corrected chi connectivity index (χ2v) is 3.37. The normalized spacial score (nSPS) is 11.7. The van der Waals surface area contributed by atoms with E-state index in [1.165, 1.54) is 0 Å². The Balaban J connectivity index is 2.50. The standard InChI is InChI=1S/C10H14F2N2/c1-8-2-3-9(6-14-8)4-5-10(11,12)7-13/h2-3,6H,4-5,7,13H2,1H3. The molecule has 1 rings (SSSR count). The lowest BCUT2D eigenvalue weighted by Crippen LogP contribution is -2.28. The zero-order valence-electron chi connectivity index (χ0n) is 8.13. The van der Waals surface area contributed by atoms with Gasteiger partial charge in [0.15, 0.2) is 0 Å². The van der Waals surface area contributed by atoms with E-state index < -0.39 is 12.5 Å². The summed E-state index contributed by atoms with van der Waals surface area (Å²) in [5.41, 5.74) is 6.64. The molecule has 1 aromatic heterocycles. The van der Waals surface area contributed by atoms with Gasteiger partial charge in [-0.1, -0.05) is 6.07 Å². The van der Waals surface area contributed by atoms with Gasteiger partial charge in [0.1, 0.15) is 0 Å². The number of hydrogen-bond donors (Lipinski definition) is 1. The predicted octanol–water partition coefficient (Wildman–Crippen LogP) is 1.92. The molecule has 1 aromatic rings. The fourth-order valence-corrected chi connectivity index (χ4v) is 1.08. The van der Waals surface area contributed by atoms with Crippen LogP contribution in [-0.4, -0.2) is 17.5 Å². The van der Waals surface area contributed by atoms with Gasteiger partial charge in [-0.05, 0) is 25.0 Å². The van der Waals surface area contributed by atoms with Gasteiger partial charge in [0.2, 0.25) is 0 Å². The van der Waals surface area contributed by atoms with Crippen LogP contribution < -0.4 is 5.73 Å². The minimum Gasteiger partial charge on any atom is -0.325 e. The maximum absolute atomic E-state index is 12.8. The number of halogens is 2. The molecular weight excluding hydrogens is 186 g/mol. The first-order valence-corrected chi connectivity index (χ1v) is 4.53. The smallest absolute Gasteiger partial charge is 0.260 e. The van der Waals surface area contributed by atoms with Crippen LogP contribution in [0.1, 0.15) is 17.7 Å². The number of alkyl halides is 2. The van der Waals surface area contributed by atoms with Crippen molar-refractivity contribution >= 4 is 0 Å². The van der Waals surface area contributed by atoms with Gasteiger partial charge >= 0.3 is 0 Å². The average molecular weight is 200 g/mol. The van der Waals surface area contributed by atoms with E-state index in [0.29, 0.717) is 6.42 Å². The van der Waals surface area contributed by atoms with Gasteiger partial charge < -0.3 is 5.73 Å². The van der Waals surface area contributed by atoms with Crippen molar-refractivity contribution in [3.8, 4) is 0 Å². The van der Waals surface area contributed by atoms with Crippen LogP contribution in [0.3, 0.4) is 0 Å². The molecule has 0 fully saturated rings. The van der Waals surface area contributed by atoms with Crippen molar-refractivity contribution in [2.75, 3.05) is 6.54 Å². The highest BCUT2D eigenvalue weighted by molar-refractivity contribution is 5.13. The molecule has 0 saturated heterocycles. The van der Waals surface area contributed by atoms with E-state index in [9.17, 15) is 8.78 Å². The fraction of sp³-hybridized carbons (Fsp3) is 0.500. The highest BCUT2D eigenvalue weighted by Gasteiger charge is 2.25. The average Bonchev–Trinajstić information content (AvgIpc) is 2.17. The molecule has 0 aliphatic rings. The van der Waals surface area contributed by atoms with Crippen molar-refractivity contribution in [2.24, 2.45) is 5.73 Å². The maximum atomic E-state index is 12.8. The molecule has 0 radical (unpaired) electrons. The van der Waals surface area contributed by atoms with Gasteiger partial charge in [0.05, 0.1) is 6.54 Å². The van der Waals surface area contributed by atoms with Crippen LogP contribution in [0.2, 0.25) is 0 Å². The number of hydrogen-bond acceptors (Lipinski definition) is 2. The van der Waals surface area contributed by atoms with E-state index in [4.69, 9.17) is 5.73 Å². The minimum absolute atomic E-state index is 0.214. The van der Waals surface area contributed by atoms with E-state index >= 15 is 0 Å². The Hall–Kier alpha value is -1.03. The first-order chi connectivity index (χ1) is 6.53. The number of aromatic nitrogens is 1. The molecule has 4 heteroatoms. The van der Waals surface area contributed by atoms with Crippen LogP contribution in [0, 0.1) is 6.92 Å². The summed E-state index contributed by atoms with van der Waals surface area (Å²) >= 11 is 0. The Morgan fingerprint density at radius 3 is 2.64 bits per heavy atom. The van der Waals surface area contributed by atoms with E-state index in [1.807, 2.05) is 19.1 Å². The van der Waals surface area contributed by atoms with Crippen LogP contribution in [0.25, 0.3) is 0 Å². The molecule has 0 aliphatic heterocycles. The molecular formula is C10H14F2N2. The lowest BCUT2D eigenvalue weighted by atomic mass is 10.1. The van der Waals surface area contributed by atoms with Crippen LogP contribution in [0.4, 0.5) is 8.78 Å². The predicted molar refractivity (Wildman–Crippen MR) is 51.3 cm³/mol. The van der Waals surface area contributed by atoms with Crippen LogP contribution in [-0.2, 0) is 6.42 Å². The monoisotopic (exact) mass is 200 g/mol. The van der Waals surface area contributed by atoms with Crippen LogP contribution in [0.15, 0.2) is 18.3 Å². The highest BCUT2D eigenvalue weighted by Crippen LogP contribution is 2.19. The third-order valence-corrected chi connectivity index (χ3v) is 2.05. The maximum Gasteiger partial charge on any atom is 0.260 e. The largest absolute Gasteiger partial charge is 0.325 e. The van der Waals surface area contributed by atoms with E-state index in [0.717, 1.165) is 11.3 Å². The summed E-state index contributed by atoms with van der Waals surface area (Å²) < 4.78 is 25.5. The topological polar surface area (TPSA) is 38.9 Å². The number of rotatable bonds is 4. The van der Waals surface area contributed by atoms with E-state index in [2.05, 4.69) is 4.98 Å². The third kappa shape index (κ3) is 3.38. The van der Waals surface area contributed by atoms with Gasteiger partial charge in [-0.3, -0.25) is 4.98 Å². The molecule has 0 aliphatic carbocycles. The Bertz CT molecular complexity index is 283. The first-order valence-electron chi connectivity index (χ1n) is 4.53. The van der Waals surface area contributed by atoms with Gasteiger partial charge in [-0.25, -0.2) is 8.78 Å². The van der Waals surface area contributed by atoms with E-state index in [1.54, 1.807) is 6.20 Å². The molecule has 0 atom stereocenters. The summed E-state index contributed by atoms with van der Waals surface area (Å²) in [5.74, 6) is -2.76. The van der Waals surface area contributed by atoms with E-state index in [-0.39, 0.29) is 6.42 Å². The number of nitrogens with zero attached hydrogens (tertiary/aromatic N) is 1. The zero-order valence-corrected chi connectivity index (χ0v) is 8.13. The molecule has 0 spiro atoms. The summed E-state index contributed by atoms with van der Waals surface area (Å²) in [4.78, 5) is 4.03. The van der Waals surface area contributed by atoms with Crippen LogP contribution >= 0.6 is 0 Å². The summed E-state index contributed by atoms with van der Waals surface area (Å²) in [7, 11) is 0. The summed E-state index contributed by atoms with van der Waals surface area (Å²) in [5, 5.41) is 0. The summed E-state index contributed by atoms with van der Waals surface area (Å²) in [6.07, 6.45) is 1.73. The third-order valence-electron chi connectivity index (χ3n) is 2.05. The molecule has 0 aromatic carbocycles. The molecule has 2 N–H and O–H groups in total. The summed E-state index contributed by atoms with van der Waals surface area (Å²) in [6, 6.07) is 3.63. The van der Waals surface area contributed by atoms with Crippen molar-refractivity contribution in [2.45, 2.75) is 25.7 Å². The molecule has 2 nitrogen and oxygen atoms in total. The second-order valence-electron chi connectivity index (χ2n) is 3.37. The van der Waals surface area contributed by atoms with Gasteiger partial charge in [0.25, 0.3) is 5.92 Å². The SMILES string of the molecule is Cc1ccc(CCC(F)(F)CN)cn1. The van der Waals surface area contributed by atoms with Gasteiger partial charge in [0, 0.05) is 18.3 Å².